The van der Waals surface area contributed by atoms with Gasteiger partial charge in [-0.2, -0.15) is 0 Å². The second-order valence-electron chi connectivity index (χ2n) is 9.78. The van der Waals surface area contributed by atoms with Crippen molar-refractivity contribution in [3.63, 3.8) is 0 Å². The van der Waals surface area contributed by atoms with Crippen LogP contribution >= 0.6 is 0 Å². The number of halogens is 1. The van der Waals surface area contributed by atoms with Crippen molar-refractivity contribution in [3.05, 3.63) is 35.5 Å². The summed E-state index contributed by atoms with van der Waals surface area (Å²) in [5.74, 6) is 0.213. The van der Waals surface area contributed by atoms with E-state index < -0.39 is 11.9 Å². The Morgan fingerprint density at radius 3 is 2.43 bits per heavy atom. The van der Waals surface area contributed by atoms with Crippen LogP contribution in [0.25, 0.3) is 22.3 Å². The third kappa shape index (κ3) is 5.30. The first-order valence-corrected chi connectivity index (χ1v) is 12.5. The van der Waals surface area contributed by atoms with Crippen LogP contribution in [0.4, 0.5) is 9.18 Å². The lowest BCUT2D eigenvalue weighted by Gasteiger charge is -2.28. The fraction of sp³-hybridized carbons (Fsp3) is 0.462. The molecule has 0 unspecified atom stereocenters. The smallest absolute Gasteiger partial charge is 0.404 e. The van der Waals surface area contributed by atoms with Crippen molar-refractivity contribution in [2.75, 3.05) is 13.7 Å². The third-order valence-electron chi connectivity index (χ3n) is 7.07. The Morgan fingerprint density at radius 1 is 1.08 bits per heavy atom. The number of aryl methyl sites for hydroxylation is 1. The predicted molar refractivity (Wildman–Crippen MR) is 133 cm³/mol. The molecule has 0 aliphatic heterocycles. The molecule has 0 spiro atoms. The van der Waals surface area contributed by atoms with Gasteiger partial charge < -0.3 is 30.2 Å². The van der Waals surface area contributed by atoms with E-state index in [1.54, 1.807) is 6.92 Å². The van der Waals surface area contributed by atoms with E-state index in [2.05, 4.69) is 25.6 Å². The van der Waals surface area contributed by atoms with E-state index in [4.69, 9.17) is 14.6 Å². The summed E-state index contributed by atoms with van der Waals surface area (Å²) in [7, 11) is 1.40. The van der Waals surface area contributed by atoms with Crippen molar-refractivity contribution < 1.29 is 28.6 Å². The Hall–Kier alpha value is -3.89. The zero-order valence-electron chi connectivity index (χ0n) is 20.8. The van der Waals surface area contributed by atoms with Gasteiger partial charge in [-0.05, 0) is 57.4 Å². The predicted octanol–water partition coefficient (Wildman–Crippen LogP) is 4.18. The summed E-state index contributed by atoms with van der Waals surface area (Å²) in [4.78, 5) is 36.2. The SMILES string of the molecule is COc1cc(OCC2CC2)c(-c2ncnc3c(C(=O)N[C@H]4CC[C@H](NC(=O)O)CC4)c(C)[nH]c23)cc1F. The Balaban J connectivity index is 1.43. The van der Waals surface area contributed by atoms with Crippen molar-refractivity contribution in [2.24, 2.45) is 5.92 Å². The molecule has 2 heterocycles. The Bertz CT molecular complexity index is 1330. The second-order valence-corrected chi connectivity index (χ2v) is 9.78. The van der Waals surface area contributed by atoms with Gasteiger partial charge in [0.2, 0.25) is 0 Å². The average molecular weight is 512 g/mol. The molecule has 0 bridgehead atoms. The maximum Gasteiger partial charge on any atom is 0.404 e. The van der Waals surface area contributed by atoms with Crippen LogP contribution in [-0.2, 0) is 0 Å². The lowest BCUT2D eigenvalue weighted by atomic mass is 9.91. The zero-order chi connectivity index (χ0) is 26.1. The minimum Gasteiger partial charge on any atom is -0.494 e. The van der Waals surface area contributed by atoms with E-state index in [9.17, 15) is 14.0 Å². The number of carboxylic acid groups (broad SMARTS) is 1. The Labute approximate surface area is 213 Å². The number of amides is 2. The summed E-state index contributed by atoms with van der Waals surface area (Å²) >= 11 is 0. The number of carbonyl (C=O) groups excluding carboxylic acids is 1. The lowest BCUT2D eigenvalue weighted by Crippen LogP contribution is -2.43. The number of hydrogen-bond acceptors (Lipinski definition) is 6. The van der Waals surface area contributed by atoms with Crippen LogP contribution in [0.15, 0.2) is 18.5 Å². The van der Waals surface area contributed by atoms with Gasteiger partial charge in [0.15, 0.2) is 11.6 Å². The summed E-state index contributed by atoms with van der Waals surface area (Å²) in [6, 6.07) is 2.70. The van der Waals surface area contributed by atoms with Crippen LogP contribution < -0.4 is 20.1 Å². The van der Waals surface area contributed by atoms with Crippen LogP contribution in [-0.4, -0.2) is 57.9 Å². The summed E-state index contributed by atoms with van der Waals surface area (Å²) in [6.07, 6.45) is 5.20. The molecule has 1 aromatic carbocycles. The average Bonchev–Trinajstić information content (AvgIpc) is 3.63. The zero-order valence-corrected chi connectivity index (χ0v) is 20.8. The van der Waals surface area contributed by atoms with E-state index in [0.29, 0.717) is 77.5 Å². The number of aromatic nitrogens is 3. The van der Waals surface area contributed by atoms with Gasteiger partial charge in [-0.25, -0.2) is 19.2 Å². The molecule has 11 heteroatoms. The molecule has 2 aromatic heterocycles. The molecule has 2 saturated carbocycles. The Morgan fingerprint density at radius 2 is 1.78 bits per heavy atom. The highest BCUT2D eigenvalue weighted by atomic mass is 19.1. The molecule has 4 N–H and O–H groups in total. The van der Waals surface area contributed by atoms with E-state index in [0.717, 1.165) is 12.8 Å². The largest absolute Gasteiger partial charge is 0.494 e. The summed E-state index contributed by atoms with van der Waals surface area (Å²) in [5.41, 5.74) is 2.85. The normalized spacial score (nSPS) is 19.4. The van der Waals surface area contributed by atoms with Gasteiger partial charge in [0, 0.05) is 29.4 Å². The molecule has 5 rings (SSSR count). The minimum absolute atomic E-state index is 0.0666. The van der Waals surface area contributed by atoms with Gasteiger partial charge in [-0.3, -0.25) is 4.79 Å². The Kier molecular flexibility index (Phi) is 6.86. The van der Waals surface area contributed by atoms with Gasteiger partial charge in [0.05, 0.1) is 24.8 Å². The van der Waals surface area contributed by atoms with Crippen LogP contribution in [0.1, 0.15) is 54.6 Å². The topological polar surface area (TPSA) is 138 Å². The van der Waals surface area contributed by atoms with E-state index in [1.165, 1.54) is 25.6 Å². The van der Waals surface area contributed by atoms with Crippen LogP contribution in [0, 0.1) is 18.7 Å². The monoisotopic (exact) mass is 511 g/mol. The molecule has 2 amide bonds. The van der Waals surface area contributed by atoms with Gasteiger partial charge >= 0.3 is 6.09 Å². The number of nitrogens with zero attached hydrogens (tertiary/aromatic N) is 2. The van der Waals surface area contributed by atoms with Gasteiger partial charge in [-0.1, -0.05) is 0 Å². The molecule has 0 saturated heterocycles. The number of rotatable bonds is 8. The number of carbonyl (C=O) groups is 2. The molecule has 2 fully saturated rings. The molecular weight excluding hydrogens is 481 g/mol. The van der Waals surface area contributed by atoms with Gasteiger partial charge in [0.1, 0.15) is 23.3 Å². The molecule has 37 heavy (non-hydrogen) atoms. The maximum atomic E-state index is 14.8. The number of ether oxygens (including phenoxy) is 2. The van der Waals surface area contributed by atoms with Gasteiger partial charge in [0.25, 0.3) is 5.91 Å². The van der Waals surface area contributed by atoms with Crippen molar-refractivity contribution >= 4 is 23.0 Å². The third-order valence-corrected chi connectivity index (χ3v) is 7.07. The van der Waals surface area contributed by atoms with Crippen molar-refractivity contribution in [1.82, 2.24) is 25.6 Å². The number of fused-ring (bicyclic) bond motifs is 1. The standard InChI is InChI=1S/C26H30FN5O5/c1-13-21(25(33)31-15-5-7-16(8-6-15)32-26(34)35)23-24(30-13)22(28-12-29-23)17-9-18(27)20(36-2)10-19(17)37-11-14-3-4-14/h9-10,12,14-16,30,32H,3-8,11H2,1-2H3,(H,31,33)(H,34,35)/t15-,16-. The molecular formula is C26H30FN5O5. The highest BCUT2D eigenvalue weighted by Crippen LogP contribution is 2.39. The number of nitrogens with one attached hydrogen (secondary N) is 3. The summed E-state index contributed by atoms with van der Waals surface area (Å²) < 4.78 is 26.0. The fourth-order valence-electron chi connectivity index (χ4n) is 4.91. The number of aromatic amines is 1. The van der Waals surface area contributed by atoms with E-state index in [1.807, 2.05) is 0 Å². The highest BCUT2D eigenvalue weighted by Gasteiger charge is 2.28. The molecule has 2 aliphatic carbocycles. The number of H-pyrrole nitrogens is 1. The first kappa shape index (κ1) is 24.8. The molecule has 196 valence electrons. The van der Waals surface area contributed by atoms with Crippen LogP contribution in [0.5, 0.6) is 11.5 Å². The summed E-state index contributed by atoms with van der Waals surface area (Å²) in [5, 5.41) is 14.5. The molecule has 3 aromatic rings. The first-order chi connectivity index (χ1) is 17.8. The summed E-state index contributed by atoms with van der Waals surface area (Å²) in [6.45, 7) is 2.31. The number of methoxy groups -OCH3 is 1. The van der Waals surface area contributed by atoms with Crippen molar-refractivity contribution in [2.45, 2.75) is 57.5 Å². The molecule has 0 atom stereocenters. The van der Waals surface area contributed by atoms with Crippen LogP contribution in [0.2, 0.25) is 0 Å². The minimum atomic E-state index is -1.03. The lowest BCUT2D eigenvalue weighted by molar-refractivity contribution is 0.0924. The maximum absolute atomic E-state index is 14.8. The van der Waals surface area contributed by atoms with Crippen molar-refractivity contribution in [1.29, 1.82) is 0 Å². The quantitative estimate of drug-likeness (QED) is 0.356. The van der Waals surface area contributed by atoms with Gasteiger partial charge in [-0.15, -0.1) is 0 Å². The highest BCUT2D eigenvalue weighted by molar-refractivity contribution is 6.09. The van der Waals surface area contributed by atoms with E-state index in [-0.39, 0.29) is 23.7 Å². The fourth-order valence-corrected chi connectivity index (χ4v) is 4.91. The number of hydrogen-bond donors (Lipinski definition) is 4. The van der Waals surface area contributed by atoms with E-state index >= 15 is 0 Å². The second kappa shape index (κ2) is 10.2. The van der Waals surface area contributed by atoms with Crippen molar-refractivity contribution in [3.8, 4) is 22.8 Å². The number of benzene rings is 1. The molecule has 2 aliphatic rings. The molecule has 0 radical (unpaired) electrons. The molecule has 10 nitrogen and oxygen atoms in total. The van der Waals surface area contributed by atoms with Crippen LogP contribution in [0.3, 0.4) is 0 Å². The first-order valence-electron chi connectivity index (χ1n) is 12.5.